The van der Waals surface area contributed by atoms with Crippen LogP contribution in [0.1, 0.15) is 182 Å². The van der Waals surface area contributed by atoms with Gasteiger partial charge in [0.25, 0.3) is 0 Å². The minimum absolute atomic E-state index is 0.157. The van der Waals surface area contributed by atoms with Crippen molar-refractivity contribution in [2.45, 2.75) is 221 Å². The van der Waals surface area contributed by atoms with Gasteiger partial charge < -0.3 is 0 Å². The van der Waals surface area contributed by atoms with Gasteiger partial charge in [-0.1, -0.05) is 26.2 Å². The summed E-state index contributed by atoms with van der Waals surface area (Å²) in [6, 6.07) is 2.09. The minimum atomic E-state index is -3.60. The van der Waals surface area contributed by atoms with E-state index in [1.165, 1.54) is 102 Å². The summed E-state index contributed by atoms with van der Waals surface area (Å²) in [5.41, 5.74) is 0. The molecule has 0 rings (SSSR count). The van der Waals surface area contributed by atoms with E-state index in [2.05, 4.69) is 60.8 Å². The molecule has 0 fully saturated rings. The van der Waals surface area contributed by atoms with Crippen LogP contribution >= 0.6 is 6.83 Å². The monoisotopic (exact) mass is 739 g/mol. The van der Waals surface area contributed by atoms with E-state index in [1.54, 1.807) is 0 Å². The molecule has 0 saturated heterocycles. The van der Waals surface area contributed by atoms with Crippen LogP contribution in [-0.2, 0) is 18.2 Å². The molecule has 0 heterocycles. The molecule has 0 aliphatic heterocycles. The molecule has 0 bridgehead atoms. The maximum absolute atomic E-state index is 14.0. The van der Waals surface area contributed by atoms with E-state index >= 15 is 0 Å². The van der Waals surface area contributed by atoms with Crippen molar-refractivity contribution in [3.8, 4) is 0 Å². The van der Waals surface area contributed by atoms with Gasteiger partial charge >= 0.3 is 275 Å². The molecule has 0 saturated carbocycles. The number of rotatable bonds is 35. The summed E-state index contributed by atoms with van der Waals surface area (Å²) in [5, 5.41) is 0. The third kappa shape index (κ3) is 23.8. The Bertz CT molecular complexity index is 825. The molecule has 4 nitrogen and oxygen atoms in total. The van der Waals surface area contributed by atoms with Gasteiger partial charge in [-0.25, -0.2) is 0 Å². The quantitative estimate of drug-likeness (QED) is 0.0369. The third-order valence-corrected chi connectivity index (χ3v) is 27.2. The Hall–Kier alpha value is 0.734. The second-order valence-electron chi connectivity index (χ2n) is 16.6. The molecular weight excluding hydrogens is 652 g/mol. The van der Waals surface area contributed by atoms with Gasteiger partial charge in [0.05, 0.1) is 0 Å². The molecule has 47 heavy (non-hydrogen) atoms. The van der Waals surface area contributed by atoms with E-state index < -0.39 is 33.6 Å². The molecule has 0 amide bonds. The first-order chi connectivity index (χ1) is 22.2. The van der Waals surface area contributed by atoms with Crippen LogP contribution in [0.25, 0.3) is 0 Å². The van der Waals surface area contributed by atoms with Gasteiger partial charge in [0.15, 0.2) is 0 Å². The van der Waals surface area contributed by atoms with Crippen molar-refractivity contribution in [2.75, 3.05) is 30.4 Å². The van der Waals surface area contributed by atoms with Gasteiger partial charge in [0, 0.05) is 0 Å². The fraction of sp³-hybridized carbons (Fsp3) is 1.00. The predicted octanol–water partition coefficient (Wildman–Crippen LogP) is 14.3. The molecule has 0 atom stereocenters. The fourth-order valence-electron chi connectivity index (χ4n) is 7.69. The summed E-state index contributed by atoms with van der Waals surface area (Å²) in [4.78, 5) is 0. The Morgan fingerprint density at radius 3 is 1.13 bits per heavy atom. The summed E-state index contributed by atoms with van der Waals surface area (Å²) in [7, 11) is -7.24. The molecule has 0 aromatic carbocycles. The molecule has 8 heteroatoms. The van der Waals surface area contributed by atoms with Crippen molar-refractivity contribution in [3.05, 3.63) is 0 Å². The zero-order valence-corrected chi connectivity index (χ0v) is 37.4. The van der Waals surface area contributed by atoms with Gasteiger partial charge in [-0.2, -0.15) is 0 Å². The molecule has 0 aromatic heterocycles. The van der Waals surface area contributed by atoms with Gasteiger partial charge in [-0.3, -0.25) is 0 Å². The van der Waals surface area contributed by atoms with Crippen LogP contribution in [-0.4, -0.2) is 55.5 Å². The van der Waals surface area contributed by atoms with Crippen molar-refractivity contribution in [1.82, 2.24) is 0 Å². The van der Waals surface area contributed by atoms with Crippen molar-refractivity contribution in [2.24, 2.45) is 0 Å². The van der Waals surface area contributed by atoms with Crippen molar-refractivity contribution in [3.63, 3.8) is 0 Å². The zero-order chi connectivity index (χ0) is 35.6. The molecular formula is C39H87O4PSSi2. The zero-order valence-electron chi connectivity index (χ0n) is 33.7. The van der Waals surface area contributed by atoms with Crippen LogP contribution in [0.2, 0.25) is 38.3 Å². The first-order valence-electron chi connectivity index (χ1n) is 20.9. The fourth-order valence-corrected chi connectivity index (χ4v) is 27.2. The molecule has 0 radical (unpaired) electrons. The van der Waals surface area contributed by atoms with Gasteiger partial charge in [0.2, 0.25) is 0 Å². The number of unbranched alkanes of at least 4 members (excludes halogenated alkanes) is 17. The molecule has 286 valence electrons. The Labute approximate surface area is 299 Å². The van der Waals surface area contributed by atoms with Gasteiger partial charge in [-0.05, 0) is 0 Å². The van der Waals surface area contributed by atoms with Crippen LogP contribution in [0, 0.1) is 0 Å². The van der Waals surface area contributed by atoms with Crippen LogP contribution in [0.4, 0.5) is 0 Å². The van der Waals surface area contributed by atoms with Crippen molar-refractivity contribution >= 4 is 33.6 Å². The Morgan fingerprint density at radius 2 is 0.745 bits per heavy atom. The Kier molecular flexibility index (Phi) is 26.9. The molecule has 0 aliphatic rings. The van der Waals surface area contributed by atoms with E-state index in [0.29, 0.717) is 6.42 Å². The molecule has 0 spiro atoms. The molecule has 0 N–H and O–H groups in total. The normalized spacial score (nSPS) is 14.0. The van der Waals surface area contributed by atoms with Crippen molar-refractivity contribution in [1.29, 1.82) is 0 Å². The average molecular weight is 739 g/mol. The van der Waals surface area contributed by atoms with Crippen LogP contribution < -0.4 is 0 Å². The van der Waals surface area contributed by atoms with E-state index in [9.17, 15) is 8.42 Å². The summed E-state index contributed by atoms with van der Waals surface area (Å²) < 4.78 is 41.7. The molecule has 0 aliphatic carbocycles. The SMILES string of the molecule is CCCCCCCCCCCCCCCCP(CCCC)(CCCC)(CCCC)OS(=O)(=O)CCC[Si](C)(C)O[Si](C)(C)CCCC. The first-order valence-corrected chi connectivity index (χ1v) is 31.6. The molecule has 0 unspecified atom stereocenters. The summed E-state index contributed by atoms with van der Waals surface area (Å²) >= 11 is 0. The summed E-state index contributed by atoms with van der Waals surface area (Å²) in [6.45, 7) is 17.7. The third-order valence-electron chi connectivity index (χ3n) is 10.5. The van der Waals surface area contributed by atoms with E-state index in [-0.39, 0.29) is 5.75 Å². The molecule has 0 aromatic rings. The van der Waals surface area contributed by atoms with Crippen molar-refractivity contribution < 1.29 is 16.5 Å². The first kappa shape index (κ1) is 47.7. The Morgan fingerprint density at radius 1 is 0.426 bits per heavy atom. The summed E-state index contributed by atoms with van der Waals surface area (Å²) in [6.07, 6.45) is 32.6. The number of hydrogen-bond acceptors (Lipinski definition) is 4. The topological polar surface area (TPSA) is 52.6 Å². The Balaban J connectivity index is 5.34. The summed E-state index contributed by atoms with van der Waals surface area (Å²) in [5.74, 6) is 0.157. The average Bonchev–Trinajstić information content (AvgIpc) is 3.00. The number of hydrogen-bond donors (Lipinski definition) is 0. The van der Waals surface area contributed by atoms with Crippen LogP contribution in [0.15, 0.2) is 0 Å². The van der Waals surface area contributed by atoms with Crippen LogP contribution in [0.3, 0.4) is 0 Å². The van der Waals surface area contributed by atoms with Gasteiger partial charge in [-0.15, -0.1) is 0 Å². The van der Waals surface area contributed by atoms with E-state index in [4.69, 9.17) is 8.09 Å². The van der Waals surface area contributed by atoms with E-state index in [0.717, 1.165) is 75.6 Å². The van der Waals surface area contributed by atoms with E-state index in [1.807, 2.05) is 0 Å². The maximum atomic E-state index is 14.0. The second-order valence-corrected chi connectivity index (χ2v) is 33.1. The second kappa shape index (κ2) is 26.5. The van der Waals surface area contributed by atoms with Gasteiger partial charge in [0.1, 0.15) is 0 Å². The predicted molar refractivity (Wildman–Crippen MR) is 221 cm³/mol. The standard InChI is InChI=1S/C39H87O4PSSi2/c1-10-15-20-21-22-23-24-25-26-27-28-29-30-31-36-44(33-16-11-2,34-17-12-3,35-18-13-4)42-45(40,41)37-32-39-47(8,9)43-46(6,7)38-19-14-5/h10-39H2,1-9H3. The van der Waals surface area contributed by atoms with Crippen LogP contribution in [0.5, 0.6) is 0 Å².